The molecule has 3 rings (SSSR count). The summed E-state index contributed by atoms with van der Waals surface area (Å²) >= 11 is 0. The first-order chi connectivity index (χ1) is 11.6. The van der Waals surface area contributed by atoms with Crippen LogP contribution in [0.1, 0.15) is 31.9 Å². The maximum absolute atomic E-state index is 12.3. The maximum atomic E-state index is 12.3. The first kappa shape index (κ1) is 16.2. The summed E-state index contributed by atoms with van der Waals surface area (Å²) in [5, 5.41) is 0. The number of nitrogens with zero attached hydrogens (tertiary/aromatic N) is 2. The van der Waals surface area contributed by atoms with Crippen LogP contribution in [0.5, 0.6) is 0 Å². The van der Waals surface area contributed by atoms with Gasteiger partial charge in [0.15, 0.2) is 16.8 Å². The zero-order valence-corrected chi connectivity index (χ0v) is 14.6. The van der Waals surface area contributed by atoms with E-state index in [4.69, 9.17) is 9.40 Å². The van der Waals surface area contributed by atoms with Crippen molar-refractivity contribution in [2.24, 2.45) is 0 Å². The fourth-order valence-electron chi connectivity index (χ4n) is 3.05. The van der Waals surface area contributed by atoms with E-state index >= 15 is 0 Å². The van der Waals surface area contributed by atoms with Gasteiger partial charge in [0, 0.05) is 36.5 Å². The molecule has 1 aliphatic carbocycles. The normalized spacial score (nSPS) is 11.7. The molecule has 0 atom stereocenters. The van der Waals surface area contributed by atoms with Gasteiger partial charge in [0.25, 0.3) is 0 Å². The van der Waals surface area contributed by atoms with Crippen LogP contribution in [0.2, 0.25) is 0 Å². The maximum Gasteiger partial charge on any atom is 0.189 e. The van der Waals surface area contributed by atoms with Gasteiger partial charge < -0.3 is 9.32 Å². The largest absolute Gasteiger partial charge is 0.453 e. The Bertz CT molecular complexity index is 936. The summed E-state index contributed by atoms with van der Waals surface area (Å²) in [6.07, 6.45) is 3.69. The Balaban J connectivity index is 2.26. The highest BCUT2D eigenvalue weighted by Gasteiger charge is 2.17. The Kier molecular flexibility index (Phi) is 4.38. The first-order valence-corrected chi connectivity index (χ1v) is 8.34. The molecule has 0 radical (unpaired) electrons. The lowest BCUT2D eigenvalue weighted by molar-refractivity contribution is 0.611. The van der Waals surface area contributed by atoms with E-state index in [2.05, 4.69) is 24.8 Å². The van der Waals surface area contributed by atoms with E-state index < -0.39 is 0 Å². The van der Waals surface area contributed by atoms with Gasteiger partial charge >= 0.3 is 0 Å². The molecular weight excluding hydrogens is 300 g/mol. The number of anilines is 1. The van der Waals surface area contributed by atoms with Crippen LogP contribution in [-0.2, 0) is 0 Å². The molecule has 0 bridgehead atoms. The zero-order valence-electron chi connectivity index (χ0n) is 14.6. The molecular formula is C20H22N2O2. The summed E-state index contributed by atoms with van der Waals surface area (Å²) in [5.41, 5.74) is 4.83. The van der Waals surface area contributed by atoms with Crippen molar-refractivity contribution in [3.8, 4) is 11.5 Å². The van der Waals surface area contributed by atoms with Crippen LogP contribution in [0.4, 0.5) is 5.69 Å². The molecule has 1 aromatic carbocycles. The molecule has 4 heteroatoms. The molecule has 0 saturated carbocycles. The second-order valence-corrected chi connectivity index (χ2v) is 5.80. The Hall–Kier alpha value is -2.62. The lowest BCUT2D eigenvalue weighted by atomic mass is 10.0. The van der Waals surface area contributed by atoms with Gasteiger partial charge in [-0.15, -0.1) is 0 Å². The van der Waals surface area contributed by atoms with Crippen molar-refractivity contribution in [2.45, 2.75) is 27.7 Å². The summed E-state index contributed by atoms with van der Waals surface area (Å²) in [7, 11) is 0. The monoisotopic (exact) mass is 322 g/mol. The van der Waals surface area contributed by atoms with Crippen molar-refractivity contribution in [1.82, 2.24) is 4.98 Å². The molecule has 0 aromatic heterocycles. The summed E-state index contributed by atoms with van der Waals surface area (Å²) < 4.78 is 6.01. The molecule has 0 fully saturated rings. The van der Waals surface area contributed by atoms with E-state index in [1.165, 1.54) is 6.07 Å². The number of hydrogen-bond acceptors (Lipinski definition) is 4. The highest BCUT2D eigenvalue weighted by molar-refractivity contribution is 5.81. The lowest BCUT2D eigenvalue weighted by Crippen LogP contribution is -2.21. The number of aromatic nitrogens is 1. The van der Waals surface area contributed by atoms with E-state index in [-0.39, 0.29) is 5.43 Å². The minimum absolute atomic E-state index is 0.0390. The van der Waals surface area contributed by atoms with Gasteiger partial charge in [0.05, 0.1) is 0 Å². The van der Waals surface area contributed by atoms with Crippen LogP contribution >= 0.6 is 0 Å². The Morgan fingerprint density at radius 3 is 2.62 bits per heavy atom. The number of allylic oxidation sites excluding steroid dienone is 1. The van der Waals surface area contributed by atoms with E-state index in [1.807, 2.05) is 38.1 Å². The van der Waals surface area contributed by atoms with Gasteiger partial charge in [-0.2, -0.15) is 0 Å². The number of hydrogen-bond donors (Lipinski definition) is 0. The molecule has 2 aliphatic rings. The molecule has 24 heavy (non-hydrogen) atoms. The fraction of sp³-hybridized carbons (Fsp3) is 0.300. The predicted molar refractivity (Wildman–Crippen MR) is 99.9 cm³/mol. The smallest absolute Gasteiger partial charge is 0.189 e. The standard InChI is InChI=1S/C20H22N2O2/c1-5-8-15-13(4)20-19(12-17(15)23)24-18-11-14(22(6-2)7-3)9-10-16(18)21-20/h5,8-12H,6-7H2,1-4H3/b8-5-. The molecule has 1 aliphatic heterocycles. The predicted octanol–water partition coefficient (Wildman–Crippen LogP) is 4.48. The Morgan fingerprint density at radius 2 is 1.96 bits per heavy atom. The fourth-order valence-corrected chi connectivity index (χ4v) is 3.05. The van der Waals surface area contributed by atoms with Crippen LogP contribution in [0, 0.1) is 6.92 Å². The average molecular weight is 322 g/mol. The Labute approximate surface area is 141 Å². The molecule has 0 saturated heterocycles. The van der Waals surface area contributed by atoms with E-state index in [0.29, 0.717) is 16.9 Å². The van der Waals surface area contributed by atoms with E-state index in [0.717, 1.165) is 35.6 Å². The van der Waals surface area contributed by atoms with Gasteiger partial charge in [-0.05, 0) is 45.4 Å². The number of rotatable bonds is 4. The van der Waals surface area contributed by atoms with Crippen molar-refractivity contribution in [3.63, 3.8) is 0 Å². The second kappa shape index (κ2) is 6.48. The van der Waals surface area contributed by atoms with Gasteiger partial charge in [-0.25, -0.2) is 4.98 Å². The summed E-state index contributed by atoms with van der Waals surface area (Å²) in [5.74, 6) is 0.537. The van der Waals surface area contributed by atoms with E-state index in [9.17, 15) is 4.79 Å². The Morgan fingerprint density at radius 1 is 1.21 bits per heavy atom. The third-order valence-electron chi connectivity index (χ3n) is 4.38. The molecule has 124 valence electrons. The molecule has 0 amide bonds. The van der Waals surface area contributed by atoms with Crippen LogP contribution in [0.3, 0.4) is 0 Å². The highest BCUT2D eigenvalue weighted by Crippen LogP contribution is 2.30. The third-order valence-corrected chi connectivity index (χ3v) is 4.38. The molecule has 4 nitrogen and oxygen atoms in total. The third kappa shape index (κ3) is 2.68. The molecule has 0 N–H and O–H groups in total. The van der Waals surface area contributed by atoms with Crippen molar-refractivity contribution in [2.75, 3.05) is 18.0 Å². The van der Waals surface area contributed by atoms with Crippen molar-refractivity contribution in [3.05, 3.63) is 51.7 Å². The minimum Gasteiger partial charge on any atom is -0.453 e. The topological polar surface area (TPSA) is 46.3 Å². The highest BCUT2D eigenvalue weighted by atomic mass is 16.3. The first-order valence-electron chi connectivity index (χ1n) is 8.34. The van der Waals surface area contributed by atoms with Crippen molar-refractivity contribution < 1.29 is 4.42 Å². The van der Waals surface area contributed by atoms with Gasteiger partial charge in [0.2, 0.25) is 0 Å². The van der Waals surface area contributed by atoms with Gasteiger partial charge in [-0.1, -0.05) is 12.2 Å². The lowest BCUT2D eigenvalue weighted by Gasteiger charge is -2.21. The molecule has 0 spiro atoms. The van der Waals surface area contributed by atoms with E-state index in [1.54, 1.807) is 0 Å². The van der Waals surface area contributed by atoms with Gasteiger partial charge in [0.1, 0.15) is 11.2 Å². The van der Waals surface area contributed by atoms with Crippen LogP contribution in [0.15, 0.2) is 39.6 Å². The second-order valence-electron chi connectivity index (χ2n) is 5.80. The summed E-state index contributed by atoms with van der Waals surface area (Å²) in [4.78, 5) is 19.3. The van der Waals surface area contributed by atoms with Crippen molar-refractivity contribution in [1.29, 1.82) is 0 Å². The quantitative estimate of drug-likeness (QED) is 0.664. The molecule has 1 aromatic rings. The van der Waals surface area contributed by atoms with Crippen LogP contribution in [0.25, 0.3) is 28.6 Å². The van der Waals surface area contributed by atoms with Crippen LogP contribution < -0.4 is 10.3 Å². The summed E-state index contributed by atoms with van der Waals surface area (Å²) in [6, 6.07) is 7.57. The SMILES string of the molecule is C/C=C\c1c(C)c2nc3ccc(N(CC)CC)cc3oc-2cc1=O. The number of benzene rings is 2. The van der Waals surface area contributed by atoms with Crippen molar-refractivity contribution >= 4 is 22.9 Å². The van der Waals surface area contributed by atoms with Crippen LogP contribution in [-0.4, -0.2) is 18.1 Å². The minimum atomic E-state index is -0.0390. The molecule has 0 unspecified atom stereocenters. The average Bonchev–Trinajstić information content (AvgIpc) is 2.58. The zero-order chi connectivity index (χ0) is 17.3. The summed E-state index contributed by atoms with van der Waals surface area (Å²) in [6.45, 7) is 9.92. The number of fused-ring (bicyclic) bond motifs is 2. The van der Waals surface area contributed by atoms with Gasteiger partial charge in [-0.3, -0.25) is 4.79 Å². The molecule has 1 heterocycles.